The van der Waals surface area contributed by atoms with Crippen molar-refractivity contribution in [3.8, 4) is 23.0 Å². The second kappa shape index (κ2) is 13.9. The molecular formula is C33H45N3O5S2. The number of benzene rings is 2. The van der Waals surface area contributed by atoms with E-state index in [4.69, 9.17) is 36.9 Å². The van der Waals surface area contributed by atoms with Crippen LogP contribution in [-0.2, 0) is 17.6 Å². The van der Waals surface area contributed by atoms with Gasteiger partial charge in [0.05, 0.1) is 34.5 Å². The van der Waals surface area contributed by atoms with Crippen molar-refractivity contribution in [2.24, 2.45) is 17.6 Å². The summed E-state index contributed by atoms with van der Waals surface area (Å²) in [6, 6.07) is 9.13. The number of thiocarbonyl (C=S) groups is 1. The number of methoxy groups -OCH3 is 4. The van der Waals surface area contributed by atoms with Gasteiger partial charge < -0.3 is 29.6 Å². The van der Waals surface area contributed by atoms with Crippen LogP contribution in [0.4, 0.5) is 0 Å². The quantitative estimate of drug-likeness (QED) is 0.341. The summed E-state index contributed by atoms with van der Waals surface area (Å²) < 4.78 is 23.6. The lowest BCUT2D eigenvalue weighted by molar-refractivity contribution is -0.117. The van der Waals surface area contributed by atoms with Crippen LogP contribution < -0.4 is 24.7 Å². The lowest BCUT2D eigenvalue weighted by Crippen LogP contribution is -2.47. The SMILES string of the molecule is CCC1CN2CCc3cc(OC)c(OC)cc3C2CC1CC1c2cc(OC)c(OC)cc2CCN1C(=S)SCCC(N)=O. The number of thioether (sulfide) groups is 1. The Morgan fingerprint density at radius 3 is 2.09 bits per heavy atom. The van der Waals surface area contributed by atoms with Crippen LogP contribution in [0.1, 0.15) is 66.9 Å². The highest BCUT2D eigenvalue weighted by Crippen LogP contribution is 2.49. The standard InChI is InChI=1S/C33H45N3O5S2/c1-6-20-19-35-10-7-21-15-28(38-2)30(40-4)17-24(21)26(35)13-23(20)14-27-25-18-31(41-5)29(39-3)16-22(25)8-11-36(27)33(42)43-12-9-32(34)37/h15-18,20,23,26-27H,6-14,19H2,1-5H3,(H2,34,37). The van der Waals surface area contributed by atoms with Crippen LogP contribution in [0, 0.1) is 11.8 Å². The zero-order valence-corrected chi connectivity index (χ0v) is 27.7. The summed E-state index contributed by atoms with van der Waals surface area (Å²) in [6.07, 6.45) is 5.41. The first-order chi connectivity index (χ1) is 20.8. The van der Waals surface area contributed by atoms with Crippen molar-refractivity contribution in [3.63, 3.8) is 0 Å². The Labute approximate surface area is 265 Å². The first-order valence-corrected chi connectivity index (χ1v) is 16.7. The Balaban J connectivity index is 1.48. The fourth-order valence-corrected chi connectivity index (χ4v) is 8.70. The number of piperidine rings is 1. The van der Waals surface area contributed by atoms with Crippen molar-refractivity contribution < 1.29 is 23.7 Å². The molecule has 3 aliphatic rings. The van der Waals surface area contributed by atoms with Gasteiger partial charge in [-0.25, -0.2) is 0 Å². The van der Waals surface area contributed by atoms with Gasteiger partial charge in [0.1, 0.15) is 4.32 Å². The summed E-state index contributed by atoms with van der Waals surface area (Å²) in [5, 5.41) is 0. The van der Waals surface area contributed by atoms with Crippen LogP contribution in [0.2, 0.25) is 0 Å². The summed E-state index contributed by atoms with van der Waals surface area (Å²) in [6.45, 7) is 5.30. The van der Waals surface area contributed by atoms with Crippen molar-refractivity contribution >= 4 is 34.2 Å². The fourth-order valence-electron chi connectivity index (χ4n) is 7.36. The van der Waals surface area contributed by atoms with Crippen LogP contribution in [0.15, 0.2) is 24.3 Å². The number of ether oxygens (including phenoxy) is 4. The number of nitrogens with zero attached hydrogens (tertiary/aromatic N) is 2. The summed E-state index contributed by atoms with van der Waals surface area (Å²) in [4.78, 5) is 16.5. The van der Waals surface area contributed by atoms with Crippen LogP contribution >= 0.6 is 24.0 Å². The van der Waals surface area contributed by atoms with Crippen molar-refractivity contribution in [2.75, 3.05) is 53.8 Å². The number of rotatable bonds is 10. The minimum absolute atomic E-state index is 0.108. The number of fused-ring (bicyclic) bond motifs is 4. The Morgan fingerprint density at radius 2 is 1.49 bits per heavy atom. The van der Waals surface area contributed by atoms with E-state index in [0.717, 1.165) is 79.1 Å². The van der Waals surface area contributed by atoms with Gasteiger partial charge in [-0.3, -0.25) is 9.69 Å². The molecule has 2 aromatic rings. The Kier molecular flexibility index (Phi) is 10.3. The van der Waals surface area contributed by atoms with Gasteiger partial charge in [-0.05, 0) is 84.0 Å². The molecule has 5 rings (SSSR count). The third-order valence-electron chi connectivity index (χ3n) is 9.64. The van der Waals surface area contributed by atoms with Gasteiger partial charge in [-0.1, -0.05) is 37.3 Å². The number of primary amides is 1. The van der Waals surface area contributed by atoms with Gasteiger partial charge in [0.2, 0.25) is 5.91 Å². The zero-order valence-electron chi connectivity index (χ0n) is 26.0. The maximum Gasteiger partial charge on any atom is 0.218 e. The van der Waals surface area contributed by atoms with E-state index in [1.807, 2.05) is 0 Å². The Morgan fingerprint density at radius 1 is 0.907 bits per heavy atom. The molecule has 8 nitrogen and oxygen atoms in total. The van der Waals surface area contributed by atoms with Crippen molar-refractivity contribution in [3.05, 3.63) is 46.5 Å². The van der Waals surface area contributed by atoms with E-state index in [9.17, 15) is 4.79 Å². The first-order valence-electron chi connectivity index (χ1n) is 15.3. The number of amides is 1. The van der Waals surface area contributed by atoms with Crippen LogP contribution in [0.3, 0.4) is 0 Å². The number of hydrogen-bond donors (Lipinski definition) is 1. The van der Waals surface area contributed by atoms with E-state index >= 15 is 0 Å². The maximum atomic E-state index is 11.4. The fraction of sp³-hybridized carbons (Fsp3) is 0.576. The lowest BCUT2D eigenvalue weighted by Gasteiger charge is -2.49. The predicted octanol–water partition coefficient (Wildman–Crippen LogP) is 5.55. The van der Waals surface area contributed by atoms with E-state index in [0.29, 0.717) is 30.1 Å². The van der Waals surface area contributed by atoms with Gasteiger partial charge in [-0.2, -0.15) is 0 Å². The third-order valence-corrected chi connectivity index (χ3v) is 11.1. The second-order valence-electron chi connectivity index (χ2n) is 11.8. The topological polar surface area (TPSA) is 86.5 Å². The summed E-state index contributed by atoms with van der Waals surface area (Å²) >= 11 is 7.57. The minimum atomic E-state index is -0.299. The smallest absolute Gasteiger partial charge is 0.218 e. The molecule has 10 heteroatoms. The molecule has 0 saturated carbocycles. The molecule has 0 radical (unpaired) electrons. The molecular weight excluding hydrogens is 583 g/mol. The molecule has 0 aliphatic carbocycles. The highest BCUT2D eigenvalue weighted by atomic mass is 32.2. The van der Waals surface area contributed by atoms with Crippen LogP contribution in [0.5, 0.6) is 23.0 Å². The zero-order chi connectivity index (χ0) is 30.7. The molecule has 2 aromatic carbocycles. The normalized spacial score (nSPS) is 23.0. The summed E-state index contributed by atoms with van der Waals surface area (Å²) in [5.74, 6) is 4.47. The Bertz CT molecular complexity index is 1340. The van der Waals surface area contributed by atoms with Crippen LogP contribution in [0.25, 0.3) is 0 Å². The molecule has 1 fully saturated rings. The molecule has 234 valence electrons. The molecule has 1 saturated heterocycles. The van der Waals surface area contributed by atoms with Gasteiger partial charge in [0, 0.05) is 37.8 Å². The predicted molar refractivity (Wildman–Crippen MR) is 176 cm³/mol. The number of hydrogen-bond acceptors (Lipinski definition) is 8. The average Bonchev–Trinajstić information content (AvgIpc) is 3.02. The minimum Gasteiger partial charge on any atom is -0.493 e. The third kappa shape index (κ3) is 6.56. The van der Waals surface area contributed by atoms with Crippen molar-refractivity contribution in [2.45, 2.75) is 57.5 Å². The molecule has 2 N–H and O–H groups in total. The monoisotopic (exact) mass is 627 g/mol. The number of nitrogens with two attached hydrogens (primary N) is 1. The summed E-state index contributed by atoms with van der Waals surface area (Å²) in [7, 11) is 6.80. The molecule has 4 atom stereocenters. The molecule has 3 aliphatic heterocycles. The maximum absolute atomic E-state index is 11.4. The second-order valence-corrected chi connectivity index (χ2v) is 13.5. The molecule has 0 spiro atoms. The molecule has 4 unspecified atom stereocenters. The lowest BCUT2D eigenvalue weighted by atomic mass is 9.72. The van der Waals surface area contributed by atoms with Crippen molar-refractivity contribution in [1.82, 2.24) is 9.80 Å². The van der Waals surface area contributed by atoms with Gasteiger partial charge in [0.25, 0.3) is 0 Å². The molecule has 43 heavy (non-hydrogen) atoms. The number of carbonyl (C=O) groups excluding carboxylic acids is 1. The Hall–Kier alpha value is -2.69. The van der Waals surface area contributed by atoms with E-state index in [1.54, 1.807) is 40.2 Å². The summed E-state index contributed by atoms with van der Waals surface area (Å²) in [5.41, 5.74) is 10.7. The van der Waals surface area contributed by atoms with Gasteiger partial charge >= 0.3 is 0 Å². The molecule has 3 heterocycles. The number of carbonyl (C=O) groups is 1. The van der Waals surface area contributed by atoms with Crippen molar-refractivity contribution in [1.29, 1.82) is 0 Å². The van der Waals surface area contributed by atoms with Gasteiger partial charge in [-0.15, -0.1) is 0 Å². The highest BCUT2D eigenvalue weighted by Gasteiger charge is 2.41. The molecule has 0 aromatic heterocycles. The van der Waals surface area contributed by atoms with Crippen LogP contribution in [-0.4, -0.2) is 73.9 Å². The molecule has 0 bridgehead atoms. The highest BCUT2D eigenvalue weighted by molar-refractivity contribution is 8.22. The molecule has 1 amide bonds. The van der Waals surface area contributed by atoms with E-state index in [2.05, 4.69) is 41.0 Å². The average molecular weight is 628 g/mol. The largest absolute Gasteiger partial charge is 0.493 e. The van der Waals surface area contributed by atoms with Gasteiger partial charge in [0.15, 0.2) is 23.0 Å². The van der Waals surface area contributed by atoms with E-state index in [1.165, 1.54) is 22.3 Å². The first kappa shape index (κ1) is 31.7. The van der Waals surface area contributed by atoms with E-state index in [-0.39, 0.29) is 11.9 Å². The van der Waals surface area contributed by atoms with E-state index < -0.39 is 0 Å².